The molecule has 2 aliphatic heterocycles. The minimum Gasteiger partial charge on any atom is -0.379 e. The molecule has 4 rings (SSSR count). The SMILES string of the molecule is CC1CC(CNc2cccc(-c3cc(NC(=O)C4CNCCOC4)ncc3Cl)n2)CC(C)O1. The maximum absolute atomic E-state index is 12.7. The van der Waals surface area contributed by atoms with Crippen LogP contribution in [0.2, 0.25) is 5.02 Å². The number of amides is 1. The van der Waals surface area contributed by atoms with E-state index in [1.54, 1.807) is 12.3 Å². The van der Waals surface area contributed by atoms with Crippen molar-refractivity contribution in [3.05, 3.63) is 35.5 Å². The van der Waals surface area contributed by atoms with Gasteiger partial charge in [0.1, 0.15) is 11.6 Å². The van der Waals surface area contributed by atoms with Crippen LogP contribution in [0.15, 0.2) is 30.5 Å². The average molecular weight is 474 g/mol. The highest BCUT2D eigenvalue weighted by atomic mass is 35.5. The zero-order valence-corrected chi connectivity index (χ0v) is 19.9. The Hall–Kier alpha value is -2.26. The van der Waals surface area contributed by atoms with Gasteiger partial charge in [0, 0.05) is 31.4 Å². The van der Waals surface area contributed by atoms with Crippen molar-refractivity contribution >= 4 is 29.1 Å². The molecule has 3 N–H and O–H groups in total. The van der Waals surface area contributed by atoms with Gasteiger partial charge in [0.15, 0.2) is 0 Å². The largest absolute Gasteiger partial charge is 0.379 e. The highest BCUT2D eigenvalue weighted by molar-refractivity contribution is 6.33. The van der Waals surface area contributed by atoms with Gasteiger partial charge in [0.2, 0.25) is 5.91 Å². The van der Waals surface area contributed by atoms with Crippen LogP contribution in [0.3, 0.4) is 0 Å². The number of ether oxygens (including phenoxy) is 2. The predicted octanol–water partition coefficient (Wildman–Crippen LogP) is 3.59. The van der Waals surface area contributed by atoms with E-state index in [4.69, 9.17) is 26.1 Å². The molecule has 8 nitrogen and oxygen atoms in total. The molecular formula is C24H32ClN5O3. The van der Waals surface area contributed by atoms with Gasteiger partial charge in [-0.3, -0.25) is 4.79 Å². The van der Waals surface area contributed by atoms with Crippen molar-refractivity contribution in [1.29, 1.82) is 0 Å². The Bertz CT molecular complexity index is 941. The maximum Gasteiger partial charge on any atom is 0.232 e. The number of hydrogen-bond donors (Lipinski definition) is 3. The van der Waals surface area contributed by atoms with Gasteiger partial charge >= 0.3 is 0 Å². The van der Waals surface area contributed by atoms with E-state index in [2.05, 4.69) is 34.8 Å². The van der Waals surface area contributed by atoms with Crippen LogP contribution in [0, 0.1) is 11.8 Å². The molecule has 0 aliphatic carbocycles. The molecule has 2 aromatic heterocycles. The lowest BCUT2D eigenvalue weighted by Crippen LogP contribution is -2.33. The van der Waals surface area contributed by atoms with E-state index < -0.39 is 0 Å². The molecule has 2 saturated heterocycles. The summed E-state index contributed by atoms with van der Waals surface area (Å²) in [6, 6.07) is 7.56. The summed E-state index contributed by atoms with van der Waals surface area (Å²) in [5, 5.41) is 10.0. The van der Waals surface area contributed by atoms with Crippen LogP contribution in [0.25, 0.3) is 11.3 Å². The molecule has 3 atom stereocenters. The van der Waals surface area contributed by atoms with Crippen molar-refractivity contribution in [2.24, 2.45) is 11.8 Å². The summed E-state index contributed by atoms with van der Waals surface area (Å²) in [6.45, 7) is 7.42. The average Bonchev–Trinajstić information content (AvgIpc) is 3.08. The molecule has 2 fully saturated rings. The van der Waals surface area contributed by atoms with Gasteiger partial charge in [-0.25, -0.2) is 9.97 Å². The standard InChI is InChI=1S/C24H32ClN5O3/c1-15-8-17(9-16(2)33-15)11-27-22-5-3-4-21(29-22)19-10-23(28-13-20(19)25)30-24(31)18-12-26-6-7-32-14-18/h3-5,10,13,15-18,26H,6-9,11-12,14H2,1-2H3,(H,27,29)(H,28,30,31). The molecular weight excluding hydrogens is 442 g/mol. The third kappa shape index (κ3) is 6.63. The summed E-state index contributed by atoms with van der Waals surface area (Å²) in [4.78, 5) is 21.7. The third-order valence-corrected chi connectivity index (χ3v) is 6.30. The molecule has 0 spiro atoms. The molecule has 9 heteroatoms. The van der Waals surface area contributed by atoms with Crippen molar-refractivity contribution in [3.63, 3.8) is 0 Å². The van der Waals surface area contributed by atoms with Crippen molar-refractivity contribution < 1.29 is 14.3 Å². The normalized spacial score (nSPS) is 25.8. The molecule has 3 unspecified atom stereocenters. The van der Waals surface area contributed by atoms with E-state index in [-0.39, 0.29) is 24.0 Å². The summed E-state index contributed by atoms with van der Waals surface area (Å²) < 4.78 is 11.3. The van der Waals surface area contributed by atoms with Crippen molar-refractivity contribution in [2.45, 2.75) is 38.9 Å². The number of nitrogens with zero attached hydrogens (tertiary/aromatic N) is 2. The van der Waals surface area contributed by atoms with E-state index in [9.17, 15) is 4.79 Å². The number of carbonyl (C=O) groups is 1. The van der Waals surface area contributed by atoms with E-state index in [1.165, 1.54) is 0 Å². The first-order valence-corrected chi connectivity index (χ1v) is 12.0. The van der Waals surface area contributed by atoms with E-state index in [1.807, 2.05) is 18.2 Å². The molecule has 178 valence electrons. The lowest BCUT2D eigenvalue weighted by atomic mass is 9.92. The Kier molecular flexibility index (Phi) is 8.14. The molecule has 33 heavy (non-hydrogen) atoms. The van der Waals surface area contributed by atoms with Crippen molar-refractivity contribution in [3.8, 4) is 11.3 Å². The van der Waals surface area contributed by atoms with Gasteiger partial charge in [-0.05, 0) is 50.8 Å². The van der Waals surface area contributed by atoms with Crippen molar-refractivity contribution in [2.75, 3.05) is 43.5 Å². The number of halogens is 1. The Labute approximate surface area is 199 Å². The summed E-state index contributed by atoms with van der Waals surface area (Å²) in [5.74, 6) is 1.37. The number of rotatable bonds is 6. The van der Waals surface area contributed by atoms with Crippen LogP contribution < -0.4 is 16.0 Å². The Balaban J connectivity index is 1.43. The molecule has 1 amide bonds. The summed E-state index contributed by atoms with van der Waals surface area (Å²) in [6.07, 6.45) is 4.19. The number of aromatic nitrogens is 2. The second-order valence-electron chi connectivity index (χ2n) is 8.90. The van der Waals surface area contributed by atoms with Gasteiger partial charge in [-0.1, -0.05) is 17.7 Å². The fourth-order valence-corrected chi connectivity index (χ4v) is 4.65. The molecule has 0 bridgehead atoms. The highest BCUT2D eigenvalue weighted by Crippen LogP contribution is 2.29. The van der Waals surface area contributed by atoms with Gasteiger partial charge < -0.3 is 25.4 Å². The quantitative estimate of drug-likeness (QED) is 0.589. The lowest BCUT2D eigenvalue weighted by molar-refractivity contribution is -0.121. The molecule has 0 saturated carbocycles. The Morgan fingerprint density at radius 2 is 2.06 bits per heavy atom. The number of anilines is 2. The maximum atomic E-state index is 12.7. The molecule has 0 aromatic carbocycles. The van der Waals surface area contributed by atoms with E-state index in [0.29, 0.717) is 42.1 Å². The summed E-state index contributed by atoms with van der Waals surface area (Å²) in [5.41, 5.74) is 1.44. The molecule has 4 heterocycles. The van der Waals surface area contributed by atoms with E-state index >= 15 is 0 Å². The summed E-state index contributed by atoms with van der Waals surface area (Å²) >= 11 is 6.44. The Morgan fingerprint density at radius 3 is 2.88 bits per heavy atom. The zero-order valence-electron chi connectivity index (χ0n) is 19.1. The first kappa shape index (κ1) is 23.9. The topological polar surface area (TPSA) is 97.4 Å². The van der Waals surface area contributed by atoms with Crippen LogP contribution in [0.1, 0.15) is 26.7 Å². The zero-order chi connectivity index (χ0) is 23.2. The van der Waals surface area contributed by atoms with Gasteiger partial charge in [0.25, 0.3) is 0 Å². The molecule has 0 radical (unpaired) electrons. The fraction of sp³-hybridized carbons (Fsp3) is 0.542. The molecule has 2 aliphatic rings. The van der Waals surface area contributed by atoms with Crippen molar-refractivity contribution in [1.82, 2.24) is 15.3 Å². The number of hydrogen-bond acceptors (Lipinski definition) is 7. The lowest BCUT2D eigenvalue weighted by Gasteiger charge is -2.32. The minimum atomic E-state index is -0.269. The van der Waals surface area contributed by atoms with Crippen LogP contribution in [0.5, 0.6) is 0 Å². The van der Waals surface area contributed by atoms with Gasteiger partial charge in [0.05, 0.1) is 42.1 Å². The first-order valence-electron chi connectivity index (χ1n) is 11.6. The first-order chi connectivity index (χ1) is 16.0. The van der Waals surface area contributed by atoms with Gasteiger partial charge in [-0.2, -0.15) is 0 Å². The van der Waals surface area contributed by atoms with Crippen LogP contribution >= 0.6 is 11.6 Å². The summed E-state index contributed by atoms with van der Waals surface area (Å²) in [7, 11) is 0. The van der Waals surface area contributed by atoms with Crippen LogP contribution in [0.4, 0.5) is 11.6 Å². The molecule has 2 aromatic rings. The van der Waals surface area contributed by atoms with E-state index in [0.717, 1.165) is 37.4 Å². The van der Waals surface area contributed by atoms with Gasteiger partial charge in [-0.15, -0.1) is 0 Å². The van der Waals surface area contributed by atoms with Crippen LogP contribution in [-0.2, 0) is 14.3 Å². The predicted molar refractivity (Wildman–Crippen MR) is 130 cm³/mol. The number of pyridine rings is 2. The number of nitrogens with one attached hydrogen (secondary N) is 3. The second-order valence-corrected chi connectivity index (χ2v) is 9.31. The smallest absolute Gasteiger partial charge is 0.232 e. The Morgan fingerprint density at radius 1 is 1.24 bits per heavy atom. The minimum absolute atomic E-state index is 0.131. The van der Waals surface area contributed by atoms with Crippen LogP contribution in [-0.4, -0.2) is 60.9 Å². The second kappa shape index (κ2) is 11.2. The third-order valence-electron chi connectivity index (χ3n) is 6.00. The number of carbonyl (C=O) groups excluding carboxylic acids is 1. The highest BCUT2D eigenvalue weighted by Gasteiger charge is 2.24. The fourth-order valence-electron chi connectivity index (χ4n) is 4.45. The monoisotopic (exact) mass is 473 g/mol.